The first-order chi connectivity index (χ1) is 10.7. The molecule has 0 fully saturated rings. The summed E-state index contributed by atoms with van der Waals surface area (Å²) in [4.78, 5) is 4.46. The molecule has 1 aromatic rings. The molecule has 1 rings (SSSR count). The molecule has 1 atom stereocenters. The minimum absolute atomic E-state index is 0. The number of nitrogens with zero attached hydrogens (tertiary/aromatic N) is 1. The van der Waals surface area contributed by atoms with Crippen molar-refractivity contribution in [2.75, 3.05) is 18.6 Å². The number of nitrogens with one attached hydrogen (secondary N) is 2. The molecule has 1 aromatic carbocycles. The maximum atomic E-state index is 13.3. The molecule has 0 amide bonds. The summed E-state index contributed by atoms with van der Waals surface area (Å²) in [5, 5.41) is 6.31. The van der Waals surface area contributed by atoms with E-state index in [1.165, 1.54) is 12.3 Å². The van der Waals surface area contributed by atoms with Crippen LogP contribution < -0.4 is 10.6 Å². The average molecular weight is 471 g/mol. The van der Waals surface area contributed by atoms with Gasteiger partial charge in [-0.3, -0.25) is 0 Å². The van der Waals surface area contributed by atoms with Crippen LogP contribution in [0, 0.1) is 12.7 Å². The molecule has 0 saturated carbocycles. The predicted octanol–water partition coefficient (Wildman–Crippen LogP) is 2.63. The van der Waals surface area contributed by atoms with E-state index in [4.69, 9.17) is 0 Å². The van der Waals surface area contributed by atoms with E-state index in [0.717, 1.165) is 5.56 Å². The lowest BCUT2D eigenvalue weighted by Crippen LogP contribution is -2.42. The minimum atomic E-state index is -2.97. The summed E-state index contributed by atoms with van der Waals surface area (Å²) in [5.41, 5.74) is 1.52. The molecule has 0 aliphatic heterocycles. The molecule has 0 saturated heterocycles. The largest absolute Gasteiger partial charge is 0.357 e. The molecule has 0 aliphatic carbocycles. The summed E-state index contributed by atoms with van der Waals surface area (Å²) in [6.45, 7) is 6.72. The standard InChI is InChI=1S/C16H26FN3O2S.HI/c1-5-18-16(20-13(3)8-9-23(4,21)22)19-11-14-6-7-15(17)12(2)10-14;/h6-7,10,13H,5,8-9,11H2,1-4H3,(H2,18,19,20);1H. The molecule has 24 heavy (non-hydrogen) atoms. The van der Waals surface area contributed by atoms with Gasteiger partial charge >= 0.3 is 0 Å². The van der Waals surface area contributed by atoms with E-state index in [9.17, 15) is 12.8 Å². The van der Waals surface area contributed by atoms with Gasteiger partial charge in [0.15, 0.2) is 5.96 Å². The first-order valence-corrected chi connectivity index (χ1v) is 9.75. The molecule has 0 aromatic heterocycles. The van der Waals surface area contributed by atoms with Gasteiger partial charge in [0.25, 0.3) is 0 Å². The number of benzene rings is 1. The van der Waals surface area contributed by atoms with Crippen LogP contribution in [0.3, 0.4) is 0 Å². The Morgan fingerprint density at radius 1 is 1.38 bits per heavy atom. The Kier molecular flexibility index (Phi) is 10.5. The number of aryl methyl sites for hydroxylation is 1. The van der Waals surface area contributed by atoms with E-state index in [1.807, 2.05) is 13.8 Å². The topological polar surface area (TPSA) is 70.6 Å². The fourth-order valence-electron chi connectivity index (χ4n) is 1.99. The lowest BCUT2D eigenvalue weighted by atomic mass is 10.1. The predicted molar refractivity (Wildman–Crippen MR) is 108 cm³/mol. The Morgan fingerprint density at radius 3 is 2.58 bits per heavy atom. The normalized spacial score (nSPS) is 13.1. The highest BCUT2D eigenvalue weighted by molar-refractivity contribution is 14.0. The zero-order chi connectivity index (χ0) is 17.5. The molecule has 1 unspecified atom stereocenters. The van der Waals surface area contributed by atoms with Gasteiger partial charge in [-0.2, -0.15) is 0 Å². The fourth-order valence-corrected chi connectivity index (χ4v) is 2.77. The average Bonchev–Trinajstić information content (AvgIpc) is 2.45. The molecule has 0 spiro atoms. The number of sulfone groups is 1. The van der Waals surface area contributed by atoms with Crippen LogP contribution in [-0.2, 0) is 16.4 Å². The zero-order valence-electron chi connectivity index (χ0n) is 14.6. The van der Waals surface area contributed by atoms with E-state index in [-0.39, 0.29) is 41.6 Å². The maximum absolute atomic E-state index is 13.3. The second-order valence-electron chi connectivity index (χ2n) is 5.74. The van der Waals surface area contributed by atoms with Crippen molar-refractivity contribution in [3.05, 3.63) is 35.1 Å². The van der Waals surface area contributed by atoms with Gasteiger partial charge < -0.3 is 10.6 Å². The van der Waals surface area contributed by atoms with Gasteiger partial charge in [-0.15, -0.1) is 24.0 Å². The minimum Gasteiger partial charge on any atom is -0.357 e. The lowest BCUT2D eigenvalue weighted by molar-refractivity contribution is 0.581. The number of hydrogen-bond donors (Lipinski definition) is 2. The summed E-state index contributed by atoms with van der Waals surface area (Å²) in [5.74, 6) is 0.533. The molecule has 2 N–H and O–H groups in total. The van der Waals surface area contributed by atoms with Crippen LogP contribution in [-0.4, -0.2) is 39.0 Å². The third kappa shape index (κ3) is 9.41. The van der Waals surface area contributed by atoms with Crippen LogP contribution in [0.5, 0.6) is 0 Å². The summed E-state index contributed by atoms with van der Waals surface area (Å²) >= 11 is 0. The highest BCUT2D eigenvalue weighted by Crippen LogP contribution is 2.10. The van der Waals surface area contributed by atoms with Gasteiger partial charge in [-0.25, -0.2) is 17.8 Å². The second kappa shape index (κ2) is 10.9. The van der Waals surface area contributed by atoms with Crippen molar-refractivity contribution in [1.29, 1.82) is 0 Å². The van der Waals surface area contributed by atoms with Crippen LogP contribution in [0.15, 0.2) is 23.2 Å². The summed E-state index contributed by atoms with van der Waals surface area (Å²) in [7, 11) is -2.97. The SMILES string of the molecule is CCNC(=NCc1ccc(F)c(C)c1)NC(C)CCS(C)(=O)=O.I. The van der Waals surface area contributed by atoms with Gasteiger partial charge in [0.05, 0.1) is 12.3 Å². The molecular formula is C16H27FIN3O2S. The molecule has 0 bridgehead atoms. The van der Waals surface area contributed by atoms with Crippen molar-refractivity contribution in [3.63, 3.8) is 0 Å². The Hall–Kier alpha value is -0.900. The highest BCUT2D eigenvalue weighted by atomic mass is 127. The number of guanidine groups is 1. The van der Waals surface area contributed by atoms with Crippen molar-refractivity contribution in [3.8, 4) is 0 Å². The van der Waals surface area contributed by atoms with E-state index < -0.39 is 9.84 Å². The van der Waals surface area contributed by atoms with E-state index in [0.29, 0.717) is 31.0 Å². The molecule has 8 heteroatoms. The fraction of sp³-hybridized carbons (Fsp3) is 0.562. The number of hydrogen-bond acceptors (Lipinski definition) is 3. The molecule has 0 heterocycles. The van der Waals surface area contributed by atoms with E-state index in [1.54, 1.807) is 19.1 Å². The van der Waals surface area contributed by atoms with Crippen LogP contribution >= 0.6 is 24.0 Å². The lowest BCUT2D eigenvalue weighted by Gasteiger charge is -2.17. The van der Waals surface area contributed by atoms with Crippen LogP contribution in [0.4, 0.5) is 4.39 Å². The zero-order valence-corrected chi connectivity index (χ0v) is 17.7. The van der Waals surface area contributed by atoms with Crippen molar-refractivity contribution in [2.24, 2.45) is 4.99 Å². The van der Waals surface area contributed by atoms with Crippen molar-refractivity contribution < 1.29 is 12.8 Å². The Labute approximate surface area is 161 Å². The molecule has 138 valence electrons. The third-order valence-electron chi connectivity index (χ3n) is 3.29. The molecule has 0 radical (unpaired) electrons. The third-order valence-corrected chi connectivity index (χ3v) is 4.27. The van der Waals surface area contributed by atoms with Gasteiger partial charge in [0.2, 0.25) is 0 Å². The van der Waals surface area contributed by atoms with Gasteiger partial charge in [0.1, 0.15) is 15.7 Å². The molecule has 5 nitrogen and oxygen atoms in total. The first kappa shape index (κ1) is 23.1. The highest BCUT2D eigenvalue weighted by Gasteiger charge is 2.09. The Balaban J connectivity index is 0.00000529. The quantitative estimate of drug-likeness (QED) is 0.365. The number of rotatable bonds is 7. The van der Waals surface area contributed by atoms with Gasteiger partial charge in [-0.05, 0) is 44.4 Å². The van der Waals surface area contributed by atoms with Gasteiger partial charge in [-0.1, -0.05) is 12.1 Å². The van der Waals surface area contributed by atoms with Crippen LogP contribution in [0.1, 0.15) is 31.4 Å². The van der Waals surface area contributed by atoms with E-state index in [2.05, 4.69) is 15.6 Å². The first-order valence-electron chi connectivity index (χ1n) is 7.69. The van der Waals surface area contributed by atoms with Crippen molar-refractivity contribution in [2.45, 2.75) is 39.8 Å². The number of aliphatic imine (C=N–C) groups is 1. The monoisotopic (exact) mass is 471 g/mol. The van der Waals surface area contributed by atoms with Crippen molar-refractivity contribution >= 4 is 39.8 Å². The molecular weight excluding hydrogens is 444 g/mol. The smallest absolute Gasteiger partial charge is 0.191 e. The van der Waals surface area contributed by atoms with Crippen molar-refractivity contribution in [1.82, 2.24) is 10.6 Å². The maximum Gasteiger partial charge on any atom is 0.191 e. The summed E-state index contributed by atoms with van der Waals surface area (Å²) < 4.78 is 35.7. The molecule has 0 aliphatic rings. The van der Waals surface area contributed by atoms with Crippen LogP contribution in [0.2, 0.25) is 0 Å². The summed E-state index contributed by atoms with van der Waals surface area (Å²) in [6, 6.07) is 4.91. The van der Waals surface area contributed by atoms with E-state index >= 15 is 0 Å². The Bertz CT molecular complexity index is 651. The summed E-state index contributed by atoms with van der Waals surface area (Å²) in [6.07, 6.45) is 1.74. The number of halogens is 2. The second-order valence-corrected chi connectivity index (χ2v) is 8.00. The van der Waals surface area contributed by atoms with Crippen LogP contribution in [0.25, 0.3) is 0 Å². The van der Waals surface area contributed by atoms with Gasteiger partial charge in [0, 0.05) is 18.8 Å². The Morgan fingerprint density at radius 2 is 2.04 bits per heavy atom.